The van der Waals surface area contributed by atoms with Crippen LogP contribution in [0.15, 0.2) is 0 Å². The number of unbranched alkanes of at least 4 members (excludes halogenated alkanes) is 2. The van der Waals surface area contributed by atoms with Crippen molar-refractivity contribution < 1.29 is 24.2 Å². The van der Waals surface area contributed by atoms with Gasteiger partial charge in [-0.1, -0.05) is 19.8 Å². The van der Waals surface area contributed by atoms with Gasteiger partial charge in [-0.25, -0.2) is 0 Å². The third-order valence-corrected chi connectivity index (χ3v) is 2.27. The van der Waals surface area contributed by atoms with Crippen molar-refractivity contribution in [2.45, 2.75) is 38.4 Å². The molecule has 1 atom stereocenters. The molecule has 0 radical (unpaired) electrons. The summed E-state index contributed by atoms with van der Waals surface area (Å²) in [5, 5.41) is 19.0. The monoisotopic (exact) mass is 248 g/mol. The third kappa shape index (κ3) is 9.09. The summed E-state index contributed by atoms with van der Waals surface area (Å²) in [6, 6.07) is 0. The first kappa shape index (κ1) is 16.4. The Morgan fingerprint density at radius 1 is 1.29 bits per heavy atom. The fourth-order valence-corrected chi connectivity index (χ4v) is 1.74. The molecule has 0 heterocycles. The van der Waals surface area contributed by atoms with Crippen LogP contribution in [0.4, 0.5) is 0 Å². The zero-order valence-electron chi connectivity index (χ0n) is 11.4. The zero-order chi connectivity index (χ0) is 13.5. The molecule has 0 amide bonds. The molecule has 0 aliphatic heterocycles. The summed E-state index contributed by atoms with van der Waals surface area (Å²) in [6.45, 7) is 2.73. The molecule has 0 aliphatic rings. The maximum Gasteiger partial charge on any atom is 0.309 e. The summed E-state index contributed by atoms with van der Waals surface area (Å²) >= 11 is 0. The van der Waals surface area contributed by atoms with E-state index >= 15 is 0 Å². The molecule has 0 bridgehead atoms. The number of carboxylic acids is 1. The molecule has 2 N–H and O–H groups in total. The Morgan fingerprint density at radius 2 is 1.88 bits per heavy atom. The molecule has 0 aromatic carbocycles. The van der Waals surface area contributed by atoms with Crippen molar-refractivity contribution in [1.29, 1.82) is 0 Å². The first-order valence-corrected chi connectivity index (χ1v) is 6.07. The second-order valence-corrected chi connectivity index (χ2v) is 5.52. The summed E-state index contributed by atoms with van der Waals surface area (Å²) in [6.07, 6.45) is 2.55. The van der Waals surface area contributed by atoms with Crippen LogP contribution in [0.1, 0.15) is 32.6 Å². The Morgan fingerprint density at radius 3 is 2.29 bits per heavy atom. The Labute approximate surface area is 104 Å². The number of carboxylic acid groups (broad SMARTS) is 1. The lowest BCUT2D eigenvalue weighted by Gasteiger charge is -2.34. The van der Waals surface area contributed by atoms with Crippen LogP contribution >= 0.6 is 0 Å². The SMILES string of the molecule is CCCCCOC(O)(CC(=O)O)C[N+](C)(C)C. The summed E-state index contributed by atoms with van der Waals surface area (Å²) in [4.78, 5) is 10.7. The van der Waals surface area contributed by atoms with Gasteiger partial charge in [0.05, 0.1) is 27.7 Å². The third-order valence-electron chi connectivity index (χ3n) is 2.27. The van der Waals surface area contributed by atoms with E-state index in [-0.39, 0.29) is 13.0 Å². The van der Waals surface area contributed by atoms with Crippen LogP contribution in [0.25, 0.3) is 0 Å². The number of hydrogen-bond acceptors (Lipinski definition) is 3. The van der Waals surface area contributed by atoms with Gasteiger partial charge in [0.2, 0.25) is 5.79 Å². The van der Waals surface area contributed by atoms with Crippen LogP contribution in [0.5, 0.6) is 0 Å². The molecule has 0 saturated heterocycles. The van der Waals surface area contributed by atoms with E-state index in [0.29, 0.717) is 11.1 Å². The van der Waals surface area contributed by atoms with Gasteiger partial charge in [0.25, 0.3) is 0 Å². The molecule has 17 heavy (non-hydrogen) atoms. The highest BCUT2D eigenvalue weighted by Gasteiger charge is 2.37. The molecule has 0 aliphatic carbocycles. The minimum atomic E-state index is -1.57. The van der Waals surface area contributed by atoms with Crippen molar-refractivity contribution in [2.75, 3.05) is 34.3 Å². The van der Waals surface area contributed by atoms with Crippen LogP contribution in [0.3, 0.4) is 0 Å². The lowest BCUT2D eigenvalue weighted by Crippen LogP contribution is -2.52. The van der Waals surface area contributed by atoms with Gasteiger partial charge in [-0.05, 0) is 6.42 Å². The molecule has 0 aromatic heterocycles. The topological polar surface area (TPSA) is 66.8 Å². The lowest BCUT2D eigenvalue weighted by molar-refractivity contribution is -0.881. The Bertz CT molecular complexity index is 237. The van der Waals surface area contributed by atoms with Crippen molar-refractivity contribution in [2.24, 2.45) is 0 Å². The highest BCUT2D eigenvalue weighted by Crippen LogP contribution is 2.17. The van der Waals surface area contributed by atoms with E-state index in [1.54, 1.807) is 0 Å². The van der Waals surface area contributed by atoms with E-state index in [2.05, 4.69) is 6.92 Å². The Kier molecular flexibility index (Phi) is 6.67. The van der Waals surface area contributed by atoms with Gasteiger partial charge in [0.15, 0.2) is 0 Å². The molecular weight excluding hydrogens is 222 g/mol. The number of rotatable bonds is 9. The van der Waals surface area contributed by atoms with E-state index in [0.717, 1.165) is 19.3 Å². The minimum absolute atomic E-state index is 0.255. The van der Waals surface area contributed by atoms with Crippen LogP contribution in [0, 0.1) is 0 Å². The summed E-state index contributed by atoms with van der Waals surface area (Å²) < 4.78 is 5.83. The van der Waals surface area contributed by atoms with E-state index in [4.69, 9.17) is 9.84 Å². The number of likely N-dealkylation sites (N-methyl/N-ethyl adjacent to an activating group) is 1. The van der Waals surface area contributed by atoms with Gasteiger partial charge in [-0.15, -0.1) is 0 Å². The molecule has 0 aromatic rings. The minimum Gasteiger partial charge on any atom is -0.481 e. The van der Waals surface area contributed by atoms with Gasteiger partial charge in [0, 0.05) is 0 Å². The second-order valence-electron chi connectivity index (χ2n) is 5.52. The highest BCUT2D eigenvalue weighted by atomic mass is 16.6. The number of nitrogens with zero attached hydrogens (tertiary/aromatic N) is 1. The number of hydrogen-bond donors (Lipinski definition) is 2. The van der Waals surface area contributed by atoms with Crippen molar-refractivity contribution in [3.8, 4) is 0 Å². The molecule has 1 unspecified atom stereocenters. The van der Waals surface area contributed by atoms with Gasteiger partial charge in [-0.3, -0.25) is 4.79 Å². The number of quaternary nitrogens is 1. The Hall–Kier alpha value is -0.650. The van der Waals surface area contributed by atoms with E-state index < -0.39 is 11.8 Å². The molecule has 5 heteroatoms. The summed E-state index contributed by atoms with van der Waals surface area (Å²) in [5.41, 5.74) is 0. The number of aliphatic carboxylic acids is 1. The number of ether oxygens (including phenoxy) is 1. The van der Waals surface area contributed by atoms with Gasteiger partial charge in [0.1, 0.15) is 13.0 Å². The number of aliphatic hydroxyl groups is 1. The largest absolute Gasteiger partial charge is 0.481 e. The standard InChI is InChI=1S/C12H25NO4/c1-5-6-7-8-17-12(16,9-11(14)15)10-13(2,3)4/h16H,5-10H2,1-4H3/p+1. The molecule has 0 rings (SSSR count). The van der Waals surface area contributed by atoms with Crippen molar-refractivity contribution >= 4 is 5.97 Å². The van der Waals surface area contributed by atoms with E-state index in [9.17, 15) is 9.90 Å². The molecule has 5 nitrogen and oxygen atoms in total. The summed E-state index contributed by atoms with van der Waals surface area (Å²) in [7, 11) is 5.67. The summed E-state index contributed by atoms with van der Waals surface area (Å²) in [5.74, 6) is -2.62. The van der Waals surface area contributed by atoms with Crippen LogP contribution in [-0.4, -0.2) is 60.7 Å². The molecule has 0 fully saturated rings. The fourth-order valence-electron chi connectivity index (χ4n) is 1.74. The van der Waals surface area contributed by atoms with Gasteiger partial charge < -0.3 is 19.4 Å². The predicted octanol–water partition coefficient (Wildman–Crippen LogP) is 1.06. The fraction of sp³-hybridized carbons (Fsp3) is 0.917. The average Bonchev–Trinajstić information content (AvgIpc) is 2.07. The van der Waals surface area contributed by atoms with Crippen molar-refractivity contribution in [3.63, 3.8) is 0 Å². The molecular formula is C12H26NO4+. The average molecular weight is 248 g/mol. The molecule has 0 spiro atoms. The number of carbonyl (C=O) groups is 1. The molecule has 102 valence electrons. The van der Waals surface area contributed by atoms with Crippen molar-refractivity contribution in [3.05, 3.63) is 0 Å². The van der Waals surface area contributed by atoms with Gasteiger partial charge >= 0.3 is 5.97 Å². The first-order chi connectivity index (χ1) is 7.68. The quantitative estimate of drug-likeness (QED) is 0.364. The zero-order valence-corrected chi connectivity index (χ0v) is 11.4. The van der Waals surface area contributed by atoms with Gasteiger partial charge in [-0.2, -0.15) is 0 Å². The van der Waals surface area contributed by atoms with E-state index in [1.165, 1.54) is 0 Å². The molecule has 0 saturated carbocycles. The Balaban J connectivity index is 4.34. The van der Waals surface area contributed by atoms with E-state index in [1.807, 2.05) is 21.1 Å². The van der Waals surface area contributed by atoms with Crippen LogP contribution in [-0.2, 0) is 9.53 Å². The highest BCUT2D eigenvalue weighted by molar-refractivity contribution is 5.67. The lowest BCUT2D eigenvalue weighted by atomic mass is 10.1. The van der Waals surface area contributed by atoms with Crippen LogP contribution in [0.2, 0.25) is 0 Å². The maximum atomic E-state index is 10.7. The predicted molar refractivity (Wildman–Crippen MR) is 65.6 cm³/mol. The van der Waals surface area contributed by atoms with Crippen LogP contribution < -0.4 is 0 Å². The normalized spacial score (nSPS) is 15.6. The smallest absolute Gasteiger partial charge is 0.309 e. The second kappa shape index (κ2) is 6.93. The maximum absolute atomic E-state index is 10.7. The first-order valence-electron chi connectivity index (χ1n) is 6.07. The van der Waals surface area contributed by atoms with Crippen molar-refractivity contribution in [1.82, 2.24) is 0 Å².